The monoisotopic (exact) mass is 264 g/mol. The van der Waals surface area contributed by atoms with Gasteiger partial charge in [0.1, 0.15) is 0 Å². The number of rotatable bonds is 5. The van der Waals surface area contributed by atoms with E-state index in [1.807, 2.05) is 33.0 Å². The number of fused-ring (bicyclic) bond motifs is 1. The molecule has 1 aromatic rings. The van der Waals surface area contributed by atoms with Crippen LogP contribution >= 0.6 is 0 Å². The van der Waals surface area contributed by atoms with Gasteiger partial charge in [-0.25, -0.2) is 0 Å². The summed E-state index contributed by atoms with van der Waals surface area (Å²) in [5.74, 6) is -0.363. The Morgan fingerprint density at radius 1 is 1.47 bits per heavy atom. The molecule has 0 bridgehead atoms. The molecule has 0 saturated carbocycles. The molecule has 1 amide bonds. The van der Waals surface area contributed by atoms with E-state index >= 15 is 0 Å². The molecule has 1 heterocycles. The average Bonchev–Trinajstić information content (AvgIpc) is 2.64. The Hall–Kier alpha value is -1.59. The number of aliphatic hydroxyl groups is 1. The quantitative estimate of drug-likeness (QED) is 0.846. The van der Waals surface area contributed by atoms with Crippen LogP contribution in [0.25, 0.3) is 0 Å². The zero-order valence-corrected chi connectivity index (χ0v) is 11.5. The molecule has 0 fully saturated rings. The van der Waals surface area contributed by atoms with Gasteiger partial charge in [0.05, 0.1) is 12.7 Å². The minimum Gasteiger partial charge on any atom is -0.378 e. The summed E-state index contributed by atoms with van der Waals surface area (Å²) in [7, 11) is 1.97. The van der Waals surface area contributed by atoms with Crippen LogP contribution in [0.4, 0.5) is 11.4 Å². The van der Waals surface area contributed by atoms with Crippen molar-refractivity contribution >= 4 is 17.3 Å². The summed E-state index contributed by atoms with van der Waals surface area (Å²) >= 11 is 0. The Bertz CT molecular complexity index is 474. The Morgan fingerprint density at radius 3 is 2.89 bits per heavy atom. The summed E-state index contributed by atoms with van der Waals surface area (Å²) in [6, 6.07) is 5.56. The van der Waals surface area contributed by atoms with Crippen LogP contribution in [0, 0.1) is 0 Å². The molecule has 104 valence electrons. The highest BCUT2D eigenvalue weighted by Crippen LogP contribution is 2.33. The van der Waals surface area contributed by atoms with E-state index in [4.69, 9.17) is 4.74 Å². The minimum atomic E-state index is -1.04. The molecule has 0 aliphatic carbocycles. The Kier molecular flexibility index (Phi) is 4.07. The molecule has 2 N–H and O–H groups in total. The highest BCUT2D eigenvalue weighted by atomic mass is 16.5. The van der Waals surface area contributed by atoms with Crippen LogP contribution in [0.1, 0.15) is 25.5 Å². The first-order valence-electron chi connectivity index (χ1n) is 6.44. The third kappa shape index (κ3) is 3.05. The van der Waals surface area contributed by atoms with Gasteiger partial charge in [-0.3, -0.25) is 4.79 Å². The number of carbonyl (C=O) groups is 1. The molecule has 5 heteroatoms. The minimum absolute atomic E-state index is 0.225. The van der Waals surface area contributed by atoms with Crippen LogP contribution in [-0.4, -0.2) is 37.3 Å². The number of carbonyl (C=O) groups excluding carboxylic acids is 1. The van der Waals surface area contributed by atoms with E-state index < -0.39 is 6.10 Å². The van der Waals surface area contributed by atoms with Crippen LogP contribution in [0.5, 0.6) is 0 Å². The van der Waals surface area contributed by atoms with E-state index in [0.29, 0.717) is 17.9 Å². The van der Waals surface area contributed by atoms with E-state index in [0.717, 1.165) is 12.2 Å². The maximum absolute atomic E-state index is 11.4. The van der Waals surface area contributed by atoms with E-state index in [9.17, 15) is 9.90 Å². The van der Waals surface area contributed by atoms with Crippen LogP contribution in [0.3, 0.4) is 0 Å². The lowest BCUT2D eigenvalue weighted by atomic mass is 10.1. The number of amides is 1. The van der Waals surface area contributed by atoms with Gasteiger partial charge in [-0.05, 0) is 26.0 Å². The molecule has 0 saturated heterocycles. The van der Waals surface area contributed by atoms with Gasteiger partial charge in [-0.1, -0.05) is 6.07 Å². The number of anilines is 2. The molecule has 0 radical (unpaired) electrons. The summed E-state index contributed by atoms with van der Waals surface area (Å²) in [4.78, 5) is 13.4. The fourth-order valence-electron chi connectivity index (χ4n) is 2.03. The second-order valence-electron chi connectivity index (χ2n) is 5.00. The first-order valence-corrected chi connectivity index (χ1v) is 6.44. The Morgan fingerprint density at radius 2 is 2.21 bits per heavy atom. The van der Waals surface area contributed by atoms with Crippen molar-refractivity contribution in [3.05, 3.63) is 23.8 Å². The zero-order valence-electron chi connectivity index (χ0n) is 11.5. The lowest BCUT2D eigenvalue weighted by molar-refractivity contribution is -0.123. The second kappa shape index (κ2) is 5.59. The van der Waals surface area contributed by atoms with Crippen molar-refractivity contribution < 1.29 is 14.6 Å². The van der Waals surface area contributed by atoms with Crippen molar-refractivity contribution in [2.45, 2.75) is 26.1 Å². The highest BCUT2D eigenvalue weighted by Gasteiger charge is 2.28. The lowest BCUT2D eigenvalue weighted by Gasteiger charge is -2.20. The third-order valence-corrected chi connectivity index (χ3v) is 3.16. The highest BCUT2D eigenvalue weighted by molar-refractivity contribution is 6.02. The molecular formula is C14H20N2O3. The van der Waals surface area contributed by atoms with Crippen molar-refractivity contribution in [3.63, 3.8) is 0 Å². The van der Waals surface area contributed by atoms with Crippen molar-refractivity contribution in [2.24, 2.45) is 0 Å². The van der Waals surface area contributed by atoms with E-state index in [2.05, 4.69) is 10.2 Å². The van der Waals surface area contributed by atoms with Gasteiger partial charge in [0.2, 0.25) is 0 Å². The average molecular weight is 264 g/mol. The first-order chi connectivity index (χ1) is 8.99. The third-order valence-electron chi connectivity index (χ3n) is 3.16. The molecule has 0 aromatic heterocycles. The van der Waals surface area contributed by atoms with Crippen LogP contribution in [0.15, 0.2) is 18.2 Å². The van der Waals surface area contributed by atoms with Crippen molar-refractivity contribution in [1.29, 1.82) is 0 Å². The molecule has 1 atom stereocenters. The summed E-state index contributed by atoms with van der Waals surface area (Å²) < 4.78 is 5.51. The largest absolute Gasteiger partial charge is 0.378 e. The van der Waals surface area contributed by atoms with E-state index in [1.54, 1.807) is 6.07 Å². The maximum atomic E-state index is 11.4. The molecule has 0 spiro atoms. The molecule has 2 rings (SSSR count). The number of hydrogen-bond donors (Lipinski definition) is 2. The molecule has 1 aliphatic heterocycles. The maximum Gasteiger partial charge on any atom is 0.257 e. The molecule has 1 unspecified atom stereocenters. The first kappa shape index (κ1) is 13.8. The topological polar surface area (TPSA) is 61.8 Å². The van der Waals surface area contributed by atoms with Crippen molar-refractivity contribution in [2.75, 3.05) is 30.4 Å². The van der Waals surface area contributed by atoms with Gasteiger partial charge in [-0.15, -0.1) is 0 Å². The SMILES string of the molecule is CC(C)OCCN(C)c1ccc2c(c1)NC(=O)C2O. The van der Waals surface area contributed by atoms with Crippen molar-refractivity contribution in [3.8, 4) is 0 Å². The zero-order chi connectivity index (χ0) is 14.0. The number of ether oxygens (including phenoxy) is 1. The smallest absolute Gasteiger partial charge is 0.257 e. The Labute approximate surface area is 113 Å². The molecule has 19 heavy (non-hydrogen) atoms. The summed E-state index contributed by atoms with van der Waals surface area (Å²) in [6.07, 6.45) is -0.818. The van der Waals surface area contributed by atoms with E-state index in [1.165, 1.54) is 0 Å². The van der Waals surface area contributed by atoms with Gasteiger partial charge in [-0.2, -0.15) is 0 Å². The number of likely N-dealkylation sites (N-methyl/N-ethyl adjacent to an activating group) is 1. The molecule has 1 aliphatic rings. The van der Waals surface area contributed by atoms with Crippen molar-refractivity contribution in [1.82, 2.24) is 0 Å². The van der Waals surface area contributed by atoms with Gasteiger partial charge < -0.3 is 20.1 Å². The van der Waals surface area contributed by atoms with Gasteiger partial charge in [0.25, 0.3) is 5.91 Å². The fourth-order valence-corrected chi connectivity index (χ4v) is 2.03. The molecular weight excluding hydrogens is 244 g/mol. The fraction of sp³-hybridized carbons (Fsp3) is 0.500. The van der Waals surface area contributed by atoms with Crippen LogP contribution in [-0.2, 0) is 9.53 Å². The molecule has 1 aromatic carbocycles. The number of nitrogens with zero attached hydrogens (tertiary/aromatic N) is 1. The Balaban J connectivity index is 2.02. The van der Waals surface area contributed by atoms with Gasteiger partial charge >= 0.3 is 0 Å². The number of aliphatic hydroxyl groups excluding tert-OH is 1. The van der Waals surface area contributed by atoms with Gasteiger partial charge in [0.15, 0.2) is 6.10 Å². The van der Waals surface area contributed by atoms with Crippen LogP contribution < -0.4 is 10.2 Å². The summed E-state index contributed by atoms with van der Waals surface area (Å²) in [5, 5.41) is 12.3. The van der Waals surface area contributed by atoms with Crippen LogP contribution in [0.2, 0.25) is 0 Å². The second-order valence-corrected chi connectivity index (χ2v) is 5.00. The standard InChI is InChI=1S/C14H20N2O3/c1-9(2)19-7-6-16(3)10-4-5-11-12(8-10)15-14(18)13(11)17/h4-5,8-9,13,17H,6-7H2,1-3H3,(H,15,18). The number of benzene rings is 1. The number of hydrogen-bond acceptors (Lipinski definition) is 4. The van der Waals surface area contributed by atoms with Gasteiger partial charge in [0, 0.05) is 30.5 Å². The summed E-state index contributed by atoms with van der Waals surface area (Å²) in [6.45, 7) is 5.44. The predicted octanol–water partition coefficient (Wildman–Crippen LogP) is 1.53. The summed E-state index contributed by atoms with van der Waals surface area (Å²) in [5.41, 5.74) is 2.31. The number of nitrogens with one attached hydrogen (secondary N) is 1. The van der Waals surface area contributed by atoms with E-state index in [-0.39, 0.29) is 12.0 Å². The molecule has 5 nitrogen and oxygen atoms in total. The normalized spacial score (nSPS) is 17.5. The lowest BCUT2D eigenvalue weighted by Crippen LogP contribution is -2.23. The predicted molar refractivity (Wildman–Crippen MR) is 74.4 cm³/mol.